The zero-order valence-electron chi connectivity index (χ0n) is 16.4. The summed E-state index contributed by atoms with van der Waals surface area (Å²) in [5, 5.41) is 7.32. The zero-order chi connectivity index (χ0) is 20.2. The number of nitrogens with one attached hydrogen (secondary N) is 3. The molecule has 146 valence electrons. The maximum absolute atomic E-state index is 12.8. The van der Waals surface area contributed by atoms with Crippen molar-refractivity contribution < 1.29 is 4.79 Å². The van der Waals surface area contributed by atoms with Crippen LogP contribution in [0.4, 0.5) is 5.82 Å². The van der Waals surface area contributed by atoms with Gasteiger partial charge in [-0.1, -0.05) is 24.3 Å². The fourth-order valence-corrected chi connectivity index (χ4v) is 3.30. The Kier molecular flexibility index (Phi) is 5.24. The smallest absolute Gasteiger partial charge is 0.252 e. The molecule has 0 aliphatic heterocycles. The van der Waals surface area contributed by atoms with Gasteiger partial charge in [0.25, 0.3) is 5.91 Å². The molecule has 1 amide bonds. The van der Waals surface area contributed by atoms with Crippen molar-refractivity contribution in [2.45, 2.75) is 26.4 Å². The second-order valence-corrected chi connectivity index (χ2v) is 7.18. The van der Waals surface area contributed by atoms with Crippen molar-refractivity contribution in [1.82, 2.24) is 20.3 Å². The minimum Gasteiger partial charge on any atom is -0.366 e. The number of fused-ring (bicyclic) bond motifs is 1. The first kappa shape index (κ1) is 18.7. The van der Waals surface area contributed by atoms with E-state index in [0.29, 0.717) is 12.1 Å². The number of H-pyrrole nitrogens is 1. The standard InChI is InChI=1S/C23H23N5O/c1-15(2)27-23(29)19-8-4-3-7-17(19)20-12-21(28-22-18(20)9-11-25-22)26-14-16-6-5-10-24-13-16/h3-13,15H,14H2,1-2H3,(H,27,29)(H2,25,26,28). The van der Waals surface area contributed by atoms with Crippen LogP contribution in [0.3, 0.4) is 0 Å². The van der Waals surface area contributed by atoms with Crippen LogP contribution in [0.15, 0.2) is 67.1 Å². The van der Waals surface area contributed by atoms with Gasteiger partial charge in [-0.15, -0.1) is 0 Å². The molecule has 0 fully saturated rings. The third-order valence-electron chi connectivity index (χ3n) is 4.61. The first-order chi connectivity index (χ1) is 14.1. The third kappa shape index (κ3) is 4.11. The molecule has 6 heteroatoms. The second kappa shape index (κ2) is 8.14. The largest absolute Gasteiger partial charge is 0.366 e. The highest BCUT2D eigenvalue weighted by Crippen LogP contribution is 2.32. The van der Waals surface area contributed by atoms with Crippen molar-refractivity contribution >= 4 is 22.8 Å². The van der Waals surface area contributed by atoms with Gasteiger partial charge in [-0.2, -0.15) is 0 Å². The third-order valence-corrected chi connectivity index (χ3v) is 4.61. The number of rotatable bonds is 6. The number of hydrogen-bond acceptors (Lipinski definition) is 4. The first-order valence-electron chi connectivity index (χ1n) is 9.63. The summed E-state index contributed by atoms with van der Waals surface area (Å²) in [6, 6.07) is 15.6. The van der Waals surface area contributed by atoms with Gasteiger partial charge >= 0.3 is 0 Å². The van der Waals surface area contributed by atoms with Crippen LogP contribution < -0.4 is 10.6 Å². The fraction of sp³-hybridized carbons (Fsp3) is 0.174. The van der Waals surface area contributed by atoms with Gasteiger partial charge in [0, 0.05) is 42.1 Å². The molecular weight excluding hydrogens is 362 g/mol. The van der Waals surface area contributed by atoms with E-state index in [1.54, 1.807) is 6.20 Å². The van der Waals surface area contributed by atoms with Crippen molar-refractivity contribution in [2.24, 2.45) is 0 Å². The van der Waals surface area contributed by atoms with E-state index in [1.807, 2.05) is 74.8 Å². The lowest BCUT2D eigenvalue weighted by Crippen LogP contribution is -2.30. The predicted octanol–water partition coefficient (Wildman–Crippen LogP) is 4.38. The molecule has 4 aromatic rings. The van der Waals surface area contributed by atoms with Crippen LogP contribution in [-0.4, -0.2) is 26.9 Å². The molecule has 3 aromatic heterocycles. The topological polar surface area (TPSA) is 82.7 Å². The Hall–Kier alpha value is -3.67. The molecule has 0 saturated carbocycles. The minimum absolute atomic E-state index is 0.0667. The summed E-state index contributed by atoms with van der Waals surface area (Å²) in [5.41, 5.74) is 4.32. The van der Waals surface area contributed by atoms with Crippen LogP contribution in [0.25, 0.3) is 22.2 Å². The van der Waals surface area contributed by atoms with Crippen molar-refractivity contribution in [2.75, 3.05) is 5.32 Å². The van der Waals surface area contributed by atoms with Gasteiger partial charge in [0.2, 0.25) is 0 Å². The molecule has 4 rings (SSSR count). The van der Waals surface area contributed by atoms with Gasteiger partial charge in [0.1, 0.15) is 11.5 Å². The molecule has 0 saturated heterocycles. The minimum atomic E-state index is -0.0824. The van der Waals surface area contributed by atoms with Crippen molar-refractivity contribution in [1.29, 1.82) is 0 Å². The van der Waals surface area contributed by atoms with E-state index in [2.05, 4.69) is 25.6 Å². The van der Waals surface area contributed by atoms with Gasteiger partial charge < -0.3 is 15.6 Å². The van der Waals surface area contributed by atoms with Crippen LogP contribution in [0, 0.1) is 0 Å². The molecule has 29 heavy (non-hydrogen) atoms. The second-order valence-electron chi connectivity index (χ2n) is 7.18. The molecule has 1 aromatic carbocycles. The number of aromatic amines is 1. The maximum Gasteiger partial charge on any atom is 0.252 e. The summed E-state index contributed by atoms with van der Waals surface area (Å²) >= 11 is 0. The van der Waals surface area contributed by atoms with Gasteiger partial charge in [-0.05, 0) is 54.8 Å². The van der Waals surface area contributed by atoms with Crippen LogP contribution in [0.5, 0.6) is 0 Å². The summed E-state index contributed by atoms with van der Waals surface area (Å²) < 4.78 is 0. The Labute approximate surface area is 169 Å². The summed E-state index contributed by atoms with van der Waals surface area (Å²) in [7, 11) is 0. The zero-order valence-corrected chi connectivity index (χ0v) is 16.4. The number of benzene rings is 1. The van der Waals surface area contributed by atoms with E-state index in [-0.39, 0.29) is 11.9 Å². The molecule has 3 heterocycles. The molecule has 0 bridgehead atoms. The Bertz CT molecular complexity index is 1130. The van der Waals surface area contributed by atoms with Gasteiger partial charge in [0.15, 0.2) is 0 Å². The van der Waals surface area contributed by atoms with Gasteiger partial charge in [0.05, 0.1) is 0 Å². The molecule has 0 aliphatic carbocycles. The predicted molar refractivity (Wildman–Crippen MR) is 116 cm³/mol. The van der Waals surface area contributed by atoms with Crippen LogP contribution in [0.1, 0.15) is 29.8 Å². The Morgan fingerprint density at radius 3 is 2.76 bits per heavy atom. The van der Waals surface area contributed by atoms with Gasteiger partial charge in [-0.25, -0.2) is 4.98 Å². The lowest BCUT2D eigenvalue weighted by atomic mass is 9.97. The number of pyridine rings is 2. The van der Waals surface area contributed by atoms with E-state index in [4.69, 9.17) is 0 Å². The van der Waals surface area contributed by atoms with E-state index < -0.39 is 0 Å². The lowest BCUT2D eigenvalue weighted by Gasteiger charge is -2.14. The molecule has 3 N–H and O–H groups in total. The number of anilines is 1. The molecule has 0 radical (unpaired) electrons. The average Bonchev–Trinajstić information content (AvgIpc) is 3.20. The van der Waals surface area contributed by atoms with Crippen LogP contribution in [-0.2, 0) is 6.54 Å². The highest BCUT2D eigenvalue weighted by Gasteiger charge is 2.16. The van der Waals surface area contributed by atoms with Gasteiger partial charge in [-0.3, -0.25) is 9.78 Å². The number of hydrogen-bond donors (Lipinski definition) is 3. The first-order valence-corrected chi connectivity index (χ1v) is 9.63. The number of nitrogens with zero attached hydrogens (tertiary/aromatic N) is 2. The highest BCUT2D eigenvalue weighted by atomic mass is 16.1. The molecule has 0 unspecified atom stereocenters. The summed E-state index contributed by atoms with van der Waals surface area (Å²) in [6.07, 6.45) is 5.44. The summed E-state index contributed by atoms with van der Waals surface area (Å²) in [5.74, 6) is 0.652. The van der Waals surface area contributed by atoms with Crippen molar-refractivity contribution in [3.05, 3.63) is 78.2 Å². The van der Waals surface area contributed by atoms with E-state index >= 15 is 0 Å². The Morgan fingerprint density at radius 2 is 1.97 bits per heavy atom. The van der Waals surface area contributed by atoms with E-state index in [0.717, 1.165) is 33.5 Å². The summed E-state index contributed by atoms with van der Waals surface area (Å²) in [4.78, 5) is 24.8. The highest BCUT2D eigenvalue weighted by molar-refractivity contribution is 6.05. The molecular formula is C23H23N5O. The SMILES string of the molecule is CC(C)NC(=O)c1ccccc1-c1cc(NCc2cccnc2)nc2[nH]ccc12. The maximum atomic E-state index is 12.8. The molecule has 0 spiro atoms. The van der Waals surface area contributed by atoms with Crippen molar-refractivity contribution in [3.8, 4) is 11.1 Å². The Balaban J connectivity index is 1.74. The quantitative estimate of drug-likeness (QED) is 0.460. The fourth-order valence-electron chi connectivity index (χ4n) is 3.30. The number of amides is 1. The Morgan fingerprint density at radius 1 is 1.10 bits per heavy atom. The van der Waals surface area contributed by atoms with Crippen LogP contribution in [0.2, 0.25) is 0 Å². The molecule has 6 nitrogen and oxygen atoms in total. The number of carbonyl (C=O) groups excluding carboxylic acids is 1. The molecule has 0 atom stereocenters. The normalized spacial score (nSPS) is 11.0. The summed E-state index contributed by atoms with van der Waals surface area (Å²) in [6.45, 7) is 4.53. The van der Waals surface area contributed by atoms with E-state index in [9.17, 15) is 4.79 Å². The number of aromatic nitrogens is 3. The lowest BCUT2D eigenvalue weighted by molar-refractivity contribution is 0.0944. The molecule has 0 aliphatic rings. The van der Waals surface area contributed by atoms with Crippen LogP contribution >= 0.6 is 0 Å². The average molecular weight is 385 g/mol. The monoisotopic (exact) mass is 385 g/mol. The van der Waals surface area contributed by atoms with E-state index in [1.165, 1.54) is 0 Å². The number of carbonyl (C=O) groups is 1. The van der Waals surface area contributed by atoms with Crippen molar-refractivity contribution in [3.63, 3.8) is 0 Å².